The van der Waals surface area contributed by atoms with E-state index in [1.807, 2.05) is 61.5 Å². The van der Waals surface area contributed by atoms with Gasteiger partial charge in [0.25, 0.3) is 5.89 Å². The van der Waals surface area contributed by atoms with Crippen LogP contribution in [0, 0.1) is 0 Å². The van der Waals surface area contributed by atoms with Crippen molar-refractivity contribution in [3.05, 3.63) is 112 Å². The predicted octanol–water partition coefficient (Wildman–Crippen LogP) is 6.65. The lowest BCUT2D eigenvalue weighted by Gasteiger charge is -2.35. The molecule has 3 aromatic carbocycles. The predicted molar refractivity (Wildman–Crippen MR) is 136 cm³/mol. The molecule has 4 aromatic rings. The van der Waals surface area contributed by atoms with Crippen molar-refractivity contribution in [1.82, 2.24) is 20.4 Å². The number of benzene rings is 3. The zero-order valence-corrected chi connectivity index (χ0v) is 20.3. The van der Waals surface area contributed by atoms with Crippen LogP contribution in [0.2, 0.25) is 5.02 Å². The van der Waals surface area contributed by atoms with Crippen LogP contribution in [0.15, 0.2) is 89.1 Å². The van der Waals surface area contributed by atoms with Gasteiger partial charge in [-0.2, -0.15) is 4.98 Å². The lowest BCUT2D eigenvalue weighted by atomic mass is 9.94. The van der Waals surface area contributed by atoms with Gasteiger partial charge in [-0.25, -0.2) is 4.79 Å². The number of carbonyl (C=O) groups excluding carboxylic acids is 1. The average molecular weight is 485 g/mol. The summed E-state index contributed by atoms with van der Waals surface area (Å²) >= 11 is 6.12. The molecule has 35 heavy (non-hydrogen) atoms. The summed E-state index contributed by atoms with van der Waals surface area (Å²) in [6, 6.07) is 24.7. The number of aryl methyl sites for hydroxylation is 1. The normalized spacial score (nSPS) is 15.9. The Morgan fingerprint density at radius 1 is 0.971 bits per heavy atom. The summed E-state index contributed by atoms with van der Waals surface area (Å²) in [5, 5.41) is 8.00. The van der Waals surface area contributed by atoms with E-state index in [1.165, 1.54) is 5.56 Å². The van der Waals surface area contributed by atoms with Crippen LogP contribution in [-0.4, -0.2) is 21.1 Å². The molecule has 2 heterocycles. The topological polar surface area (TPSA) is 71.3 Å². The first-order valence-electron chi connectivity index (χ1n) is 11.5. The number of nitrogens with zero attached hydrogens (tertiary/aromatic N) is 3. The van der Waals surface area contributed by atoms with Crippen molar-refractivity contribution >= 4 is 23.2 Å². The third-order valence-electron chi connectivity index (χ3n) is 6.26. The highest BCUT2D eigenvalue weighted by atomic mass is 35.5. The highest BCUT2D eigenvalue weighted by Gasteiger charge is 2.35. The second-order valence-corrected chi connectivity index (χ2v) is 8.91. The molecule has 0 saturated heterocycles. The molecule has 1 aromatic heterocycles. The molecule has 6 nitrogen and oxygen atoms in total. The van der Waals surface area contributed by atoms with Crippen molar-refractivity contribution < 1.29 is 9.32 Å². The number of aromatic nitrogens is 2. The quantitative estimate of drug-likeness (QED) is 0.332. The minimum atomic E-state index is -0.456. The summed E-state index contributed by atoms with van der Waals surface area (Å²) in [4.78, 5) is 19.6. The molecule has 5 rings (SSSR count). The second kappa shape index (κ2) is 9.76. The fourth-order valence-electron chi connectivity index (χ4n) is 4.26. The molecule has 176 valence electrons. The first-order chi connectivity index (χ1) is 17.0. The van der Waals surface area contributed by atoms with E-state index in [-0.39, 0.29) is 6.03 Å². The molecule has 0 radical (unpaired) electrons. The Morgan fingerprint density at radius 2 is 1.69 bits per heavy atom. The van der Waals surface area contributed by atoms with Crippen molar-refractivity contribution in [2.75, 3.05) is 0 Å². The number of hydrogen-bond donors (Lipinski definition) is 1. The first kappa shape index (κ1) is 22.9. The van der Waals surface area contributed by atoms with Gasteiger partial charge in [0, 0.05) is 16.3 Å². The van der Waals surface area contributed by atoms with E-state index in [2.05, 4.69) is 29.5 Å². The standard InChI is InChI=1S/C28H25ClN4O2/c1-3-19-9-11-22(12-10-19)26-31-27(35-32-26)24-18(2)33(17-20-7-5-4-6-8-20)28(34)30-25(24)21-13-15-23(29)16-14-21/h4-16,25H,3,17H2,1-2H3,(H,30,34). The van der Waals surface area contributed by atoms with Crippen LogP contribution in [0.5, 0.6) is 0 Å². The Labute approximate surface area is 209 Å². The Kier molecular flexibility index (Phi) is 6.38. The van der Waals surface area contributed by atoms with E-state index < -0.39 is 6.04 Å². The van der Waals surface area contributed by atoms with Crippen molar-refractivity contribution in [2.24, 2.45) is 0 Å². The Bertz CT molecular complexity index is 1360. The van der Waals surface area contributed by atoms with Gasteiger partial charge in [-0.1, -0.05) is 90.4 Å². The molecule has 0 bridgehead atoms. The van der Waals surface area contributed by atoms with E-state index in [0.717, 1.165) is 34.4 Å². The van der Waals surface area contributed by atoms with Crippen molar-refractivity contribution in [3.63, 3.8) is 0 Å². The monoisotopic (exact) mass is 484 g/mol. The number of halogens is 1. The minimum Gasteiger partial charge on any atom is -0.334 e. The van der Waals surface area contributed by atoms with E-state index in [1.54, 1.807) is 17.0 Å². The van der Waals surface area contributed by atoms with Gasteiger partial charge in [0.05, 0.1) is 18.2 Å². The van der Waals surface area contributed by atoms with Crippen molar-refractivity contribution in [3.8, 4) is 11.4 Å². The van der Waals surface area contributed by atoms with Crippen LogP contribution >= 0.6 is 11.6 Å². The van der Waals surface area contributed by atoms with Gasteiger partial charge in [-0.05, 0) is 42.2 Å². The molecule has 2 amide bonds. The van der Waals surface area contributed by atoms with Gasteiger partial charge in [0.2, 0.25) is 5.82 Å². The van der Waals surface area contributed by atoms with E-state index in [9.17, 15) is 4.79 Å². The molecule has 0 aliphatic carbocycles. The van der Waals surface area contributed by atoms with E-state index in [0.29, 0.717) is 23.3 Å². The Hall–Kier alpha value is -3.90. The summed E-state index contributed by atoms with van der Waals surface area (Å²) in [5.74, 6) is 0.874. The zero-order chi connectivity index (χ0) is 24.4. The number of allylic oxidation sites excluding steroid dienone is 1. The van der Waals surface area contributed by atoms with E-state index in [4.69, 9.17) is 21.1 Å². The summed E-state index contributed by atoms with van der Waals surface area (Å²) in [6.07, 6.45) is 0.962. The number of carbonyl (C=O) groups is 1. The lowest BCUT2D eigenvalue weighted by Crippen LogP contribution is -2.45. The minimum absolute atomic E-state index is 0.190. The zero-order valence-electron chi connectivity index (χ0n) is 19.5. The molecule has 1 aliphatic rings. The molecule has 7 heteroatoms. The molecule has 0 fully saturated rings. The molecule has 1 unspecified atom stereocenters. The van der Waals surface area contributed by atoms with Crippen molar-refractivity contribution in [1.29, 1.82) is 0 Å². The summed E-state index contributed by atoms with van der Waals surface area (Å²) < 4.78 is 5.77. The fourth-order valence-corrected chi connectivity index (χ4v) is 4.39. The van der Waals surface area contributed by atoms with Crippen LogP contribution in [0.25, 0.3) is 17.0 Å². The molecular formula is C28H25ClN4O2. The number of urea groups is 1. The average Bonchev–Trinajstić information content (AvgIpc) is 3.37. The Balaban J connectivity index is 1.57. The van der Waals surface area contributed by atoms with Gasteiger partial charge in [0.15, 0.2) is 0 Å². The SMILES string of the molecule is CCc1ccc(-c2noc(C3=C(C)N(Cc4ccccc4)C(=O)NC3c3ccc(Cl)cc3)n2)cc1. The van der Waals surface area contributed by atoms with Gasteiger partial charge in [-0.15, -0.1) is 0 Å². The van der Waals surface area contributed by atoms with Crippen LogP contribution in [-0.2, 0) is 13.0 Å². The number of hydrogen-bond acceptors (Lipinski definition) is 4. The highest BCUT2D eigenvalue weighted by molar-refractivity contribution is 6.30. The third kappa shape index (κ3) is 4.70. The summed E-state index contributed by atoms with van der Waals surface area (Å²) in [5.41, 5.74) is 5.53. The maximum atomic E-state index is 13.2. The van der Waals surface area contributed by atoms with Crippen LogP contribution in [0.3, 0.4) is 0 Å². The summed E-state index contributed by atoms with van der Waals surface area (Å²) in [7, 11) is 0. The van der Waals surface area contributed by atoms with Gasteiger partial charge in [-0.3, -0.25) is 4.90 Å². The number of nitrogens with one attached hydrogen (secondary N) is 1. The number of rotatable bonds is 6. The molecule has 1 N–H and O–H groups in total. The molecule has 0 spiro atoms. The molecule has 1 atom stereocenters. The van der Waals surface area contributed by atoms with Gasteiger partial charge < -0.3 is 9.84 Å². The first-order valence-corrected chi connectivity index (χ1v) is 11.9. The fraction of sp³-hybridized carbons (Fsp3) is 0.179. The third-order valence-corrected chi connectivity index (χ3v) is 6.51. The summed E-state index contributed by atoms with van der Waals surface area (Å²) in [6.45, 7) is 4.46. The van der Waals surface area contributed by atoms with Crippen LogP contribution in [0.1, 0.15) is 42.5 Å². The largest absolute Gasteiger partial charge is 0.334 e. The smallest absolute Gasteiger partial charge is 0.322 e. The lowest BCUT2D eigenvalue weighted by molar-refractivity contribution is 0.203. The van der Waals surface area contributed by atoms with Gasteiger partial charge >= 0.3 is 6.03 Å². The maximum absolute atomic E-state index is 13.2. The van der Waals surface area contributed by atoms with E-state index >= 15 is 0 Å². The second-order valence-electron chi connectivity index (χ2n) is 8.48. The molecule has 1 aliphatic heterocycles. The molecule has 0 saturated carbocycles. The highest BCUT2D eigenvalue weighted by Crippen LogP contribution is 2.38. The van der Waals surface area contributed by atoms with Gasteiger partial charge in [0.1, 0.15) is 0 Å². The number of amides is 2. The van der Waals surface area contributed by atoms with Crippen LogP contribution < -0.4 is 5.32 Å². The van der Waals surface area contributed by atoms with Crippen LogP contribution in [0.4, 0.5) is 4.79 Å². The Morgan fingerprint density at radius 3 is 2.37 bits per heavy atom. The molecular weight excluding hydrogens is 460 g/mol. The van der Waals surface area contributed by atoms with Crippen molar-refractivity contribution in [2.45, 2.75) is 32.9 Å². The maximum Gasteiger partial charge on any atom is 0.322 e.